The molecule has 0 spiro atoms. The van der Waals surface area contributed by atoms with E-state index in [0.29, 0.717) is 16.9 Å². The van der Waals surface area contributed by atoms with Crippen molar-refractivity contribution in [2.24, 2.45) is 0 Å². The Kier molecular flexibility index (Phi) is 6.25. The molecule has 0 bridgehead atoms. The van der Waals surface area contributed by atoms with Crippen LogP contribution in [-0.2, 0) is 9.59 Å². The van der Waals surface area contributed by atoms with Gasteiger partial charge in [-0.25, -0.2) is 0 Å². The van der Waals surface area contributed by atoms with Crippen LogP contribution in [-0.4, -0.2) is 17.6 Å². The lowest BCUT2D eigenvalue weighted by atomic mass is 10.1. The standard InChI is InChI=1S/C19H17BrN2O3/c1-12(19(25)22-17-5-3-4-15(20)11-17)10-18(24)21-16-8-6-14(7-9-16)13(2)23/h3-11H,1-2H3,(H,21,24)(H,22,25)/b12-10-. The first-order chi connectivity index (χ1) is 11.8. The highest BCUT2D eigenvalue weighted by Crippen LogP contribution is 2.16. The third-order valence-electron chi connectivity index (χ3n) is 3.35. The molecule has 2 rings (SSSR count). The molecular formula is C19H17BrN2O3. The number of Topliss-reactive ketones (excluding diaryl/α,β-unsaturated/α-hetero) is 1. The van der Waals surface area contributed by atoms with Crippen LogP contribution in [0.4, 0.5) is 11.4 Å². The Morgan fingerprint density at radius 2 is 1.60 bits per heavy atom. The van der Waals surface area contributed by atoms with Crippen molar-refractivity contribution in [3.8, 4) is 0 Å². The number of hydrogen-bond donors (Lipinski definition) is 2. The largest absolute Gasteiger partial charge is 0.323 e. The Balaban J connectivity index is 1.99. The van der Waals surface area contributed by atoms with Gasteiger partial charge in [-0.2, -0.15) is 0 Å². The molecule has 0 atom stereocenters. The van der Waals surface area contributed by atoms with Crippen LogP contribution in [0.15, 0.2) is 64.7 Å². The number of carbonyl (C=O) groups excluding carboxylic acids is 3. The maximum absolute atomic E-state index is 12.1. The van der Waals surface area contributed by atoms with Crippen molar-refractivity contribution in [2.45, 2.75) is 13.8 Å². The summed E-state index contributed by atoms with van der Waals surface area (Å²) >= 11 is 3.33. The minimum Gasteiger partial charge on any atom is -0.323 e. The molecule has 0 fully saturated rings. The number of benzene rings is 2. The fourth-order valence-corrected chi connectivity index (χ4v) is 2.42. The number of ketones is 1. The molecule has 128 valence electrons. The quantitative estimate of drug-likeness (QED) is 0.583. The molecule has 2 aromatic rings. The van der Waals surface area contributed by atoms with Crippen LogP contribution in [0.25, 0.3) is 0 Å². The van der Waals surface area contributed by atoms with Gasteiger partial charge in [-0.3, -0.25) is 14.4 Å². The van der Waals surface area contributed by atoms with E-state index >= 15 is 0 Å². The second kappa shape index (κ2) is 8.39. The highest BCUT2D eigenvalue weighted by molar-refractivity contribution is 9.10. The number of carbonyl (C=O) groups is 3. The molecule has 6 heteroatoms. The Morgan fingerprint density at radius 1 is 0.920 bits per heavy atom. The average Bonchev–Trinajstić information content (AvgIpc) is 2.55. The first-order valence-electron chi connectivity index (χ1n) is 7.52. The van der Waals surface area contributed by atoms with Crippen molar-refractivity contribution in [2.75, 3.05) is 10.6 Å². The number of halogens is 1. The summed E-state index contributed by atoms with van der Waals surface area (Å²) < 4.78 is 0.846. The summed E-state index contributed by atoms with van der Waals surface area (Å²) in [4.78, 5) is 35.4. The van der Waals surface area contributed by atoms with Gasteiger partial charge in [0.1, 0.15) is 0 Å². The zero-order valence-corrected chi connectivity index (χ0v) is 15.4. The summed E-state index contributed by atoms with van der Waals surface area (Å²) in [5.41, 5.74) is 2.02. The van der Waals surface area contributed by atoms with Crippen LogP contribution in [0.3, 0.4) is 0 Å². The zero-order chi connectivity index (χ0) is 18.4. The molecule has 0 aliphatic heterocycles. The predicted octanol–water partition coefficient (Wildman–Crippen LogP) is 4.18. The molecular weight excluding hydrogens is 384 g/mol. The summed E-state index contributed by atoms with van der Waals surface area (Å²) in [7, 11) is 0. The Labute approximate surface area is 154 Å². The molecule has 5 nitrogen and oxygen atoms in total. The zero-order valence-electron chi connectivity index (χ0n) is 13.8. The van der Waals surface area contributed by atoms with E-state index in [0.717, 1.165) is 4.47 Å². The molecule has 0 aliphatic carbocycles. The molecule has 2 N–H and O–H groups in total. The van der Waals surface area contributed by atoms with Crippen molar-refractivity contribution in [1.82, 2.24) is 0 Å². The molecule has 0 heterocycles. The van der Waals surface area contributed by atoms with Crippen molar-refractivity contribution in [3.63, 3.8) is 0 Å². The van der Waals surface area contributed by atoms with E-state index in [1.54, 1.807) is 49.4 Å². The fraction of sp³-hybridized carbons (Fsp3) is 0.105. The average molecular weight is 401 g/mol. The van der Waals surface area contributed by atoms with Gasteiger partial charge in [-0.05, 0) is 56.3 Å². The monoisotopic (exact) mass is 400 g/mol. The van der Waals surface area contributed by atoms with E-state index in [1.165, 1.54) is 13.0 Å². The van der Waals surface area contributed by atoms with Gasteiger partial charge in [-0.15, -0.1) is 0 Å². The topological polar surface area (TPSA) is 75.3 Å². The highest BCUT2D eigenvalue weighted by Gasteiger charge is 2.08. The first kappa shape index (κ1) is 18.6. The van der Waals surface area contributed by atoms with Gasteiger partial charge in [0.25, 0.3) is 5.91 Å². The van der Waals surface area contributed by atoms with Crippen molar-refractivity contribution < 1.29 is 14.4 Å². The van der Waals surface area contributed by atoms with E-state index in [9.17, 15) is 14.4 Å². The van der Waals surface area contributed by atoms with E-state index < -0.39 is 5.91 Å². The second-order valence-electron chi connectivity index (χ2n) is 5.41. The van der Waals surface area contributed by atoms with Gasteiger partial charge in [-0.1, -0.05) is 22.0 Å². The van der Waals surface area contributed by atoms with Crippen LogP contribution < -0.4 is 10.6 Å². The van der Waals surface area contributed by atoms with E-state index in [-0.39, 0.29) is 17.3 Å². The van der Waals surface area contributed by atoms with Gasteiger partial charge in [0, 0.05) is 33.1 Å². The van der Waals surface area contributed by atoms with Crippen molar-refractivity contribution in [3.05, 3.63) is 70.2 Å². The number of rotatable bonds is 5. The summed E-state index contributed by atoms with van der Waals surface area (Å²) in [5, 5.41) is 5.37. The van der Waals surface area contributed by atoms with Crippen LogP contribution in [0, 0.1) is 0 Å². The van der Waals surface area contributed by atoms with Crippen LogP contribution in [0.2, 0.25) is 0 Å². The molecule has 2 aromatic carbocycles. The molecule has 0 saturated heterocycles. The Hall–Kier alpha value is -2.73. The number of anilines is 2. The number of hydrogen-bond acceptors (Lipinski definition) is 3. The first-order valence-corrected chi connectivity index (χ1v) is 8.31. The van der Waals surface area contributed by atoms with Crippen LogP contribution in [0.5, 0.6) is 0 Å². The summed E-state index contributed by atoms with van der Waals surface area (Å²) in [5.74, 6) is -0.824. The summed E-state index contributed by atoms with van der Waals surface area (Å²) in [6, 6.07) is 13.7. The van der Waals surface area contributed by atoms with Gasteiger partial charge in [0.2, 0.25) is 5.91 Å². The van der Waals surface area contributed by atoms with Gasteiger partial charge in [0.15, 0.2) is 5.78 Å². The highest BCUT2D eigenvalue weighted by atomic mass is 79.9. The fourth-order valence-electron chi connectivity index (χ4n) is 2.02. The van der Waals surface area contributed by atoms with Crippen LogP contribution >= 0.6 is 15.9 Å². The van der Waals surface area contributed by atoms with Crippen LogP contribution in [0.1, 0.15) is 24.2 Å². The molecule has 0 unspecified atom stereocenters. The molecule has 0 aromatic heterocycles. The number of amides is 2. The maximum Gasteiger partial charge on any atom is 0.251 e. The van der Waals surface area contributed by atoms with Gasteiger partial charge < -0.3 is 10.6 Å². The molecule has 0 saturated carbocycles. The maximum atomic E-state index is 12.1. The Morgan fingerprint density at radius 3 is 2.20 bits per heavy atom. The van der Waals surface area contributed by atoms with Gasteiger partial charge >= 0.3 is 0 Å². The molecule has 0 aliphatic rings. The summed E-state index contributed by atoms with van der Waals surface area (Å²) in [6.45, 7) is 3.04. The lowest BCUT2D eigenvalue weighted by molar-refractivity contribution is -0.114. The van der Waals surface area contributed by atoms with E-state index in [4.69, 9.17) is 0 Å². The number of nitrogens with one attached hydrogen (secondary N) is 2. The summed E-state index contributed by atoms with van der Waals surface area (Å²) in [6.07, 6.45) is 1.23. The lowest BCUT2D eigenvalue weighted by Gasteiger charge is -2.07. The Bertz CT molecular complexity index is 842. The smallest absolute Gasteiger partial charge is 0.251 e. The van der Waals surface area contributed by atoms with Crippen molar-refractivity contribution >= 4 is 44.9 Å². The van der Waals surface area contributed by atoms with Crippen molar-refractivity contribution in [1.29, 1.82) is 0 Å². The molecule has 0 radical (unpaired) electrons. The van der Waals surface area contributed by atoms with E-state index in [1.807, 2.05) is 6.07 Å². The third-order valence-corrected chi connectivity index (χ3v) is 3.84. The SMILES string of the molecule is CC(=O)c1ccc(NC(=O)/C=C(/C)C(=O)Nc2cccc(Br)c2)cc1. The minimum absolute atomic E-state index is 0.0437. The van der Waals surface area contributed by atoms with E-state index in [2.05, 4.69) is 26.6 Å². The minimum atomic E-state index is -0.419. The molecule has 2 amide bonds. The normalized spacial score (nSPS) is 10.9. The molecule has 25 heavy (non-hydrogen) atoms. The third kappa shape index (κ3) is 5.69. The van der Waals surface area contributed by atoms with Gasteiger partial charge in [0.05, 0.1) is 0 Å². The second-order valence-corrected chi connectivity index (χ2v) is 6.33. The predicted molar refractivity (Wildman–Crippen MR) is 102 cm³/mol. The lowest BCUT2D eigenvalue weighted by Crippen LogP contribution is -2.16.